The van der Waals surface area contributed by atoms with Gasteiger partial charge in [-0.25, -0.2) is 26.4 Å². The van der Waals surface area contributed by atoms with E-state index in [-0.39, 0.29) is 35.1 Å². The molecule has 4 aromatic rings. The number of sulfonamides is 2. The zero-order valence-electron chi connectivity index (χ0n) is 39.9. The van der Waals surface area contributed by atoms with Crippen molar-refractivity contribution in [1.29, 1.82) is 0 Å². The van der Waals surface area contributed by atoms with Gasteiger partial charge < -0.3 is 39.0 Å². The fraction of sp³-hybridized carbons (Fsp3) is 0.458. The van der Waals surface area contributed by atoms with E-state index in [1.807, 2.05) is 85.3 Å². The maximum absolute atomic E-state index is 13.7. The lowest BCUT2D eigenvalue weighted by atomic mass is 10.1. The molecule has 0 spiro atoms. The first kappa shape index (κ1) is 54.4. The summed E-state index contributed by atoms with van der Waals surface area (Å²) in [5, 5.41) is 18.5. The van der Waals surface area contributed by atoms with Crippen LogP contribution in [0.25, 0.3) is 0 Å². The van der Waals surface area contributed by atoms with Crippen LogP contribution in [-0.2, 0) is 39.1 Å². The molecule has 0 bridgehead atoms. The number of anilines is 4. The summed E-state index contributed by atoms with van der Waals surface area (Å²) in [7, 11) is -1.82. The standard InChI is InChI=1S/2C24H32N2O6S2/c2*1-5-6-10-18-15-26(17-11-8-7-9-12-17)19-13-22(33-4)20(32-16-21(31-3)24(27)28)14-23(19)34(29,30)25(18)2/h2*7-9,11-14,18,21H,5-6,10,15-16H2,1-4H3,(H,27,28)/t2*18-,21?/m10/s1. The van der Waals surface area contributed by atoms with Crippen LogP contribution < -0.4 is 19.3 Å². The summed E-state index contributed by atoms with van der Waals surface area (Å²) in [6.45, 7) is 4.74. The van der Waals surface area contributed by atoms with Crippen LogP contribution in [0.4, 0.5) is 22.7 Å². The Hall–Kier alpha value is -4.54. The van der Waals surface area contributed by atoms with Crippen LogP contribution in [0.15, 0.2) is 105 Å². The van der Waals surface area contributed by atoms with E-state index >= 15 is 0 Å². The first-order valence-electron chi connectivity index (χ1n) is 22.3. The van der Waals surface area contributed by atoms with E-state index in [2.05, 4.69) is 23.6 Å². The number of fused-ring (bicyclic) bond motifs is 2. The summed E-state index contributed by atoms with van der Waals surface area (Å²) >= 11 is 2.81. The first-order chi connectivity index (χ1) is 32.5. The number of thioether (sulfide) groups is 2. The molecule has 20 heteroatoms. The minimum absolute atomic E-state index is 0.134. The molecular formula is C48H64N4O12S4. The van der Waals surface area contributed by atoms with Gasteiger partial charge in [0, 0.05) is 77.0 Å². The number of ether oxygens (including phenoxy) is 4. The highest BCUT2D eigenvalue weighted by atomic mass is 32.2. The summed E-state index contributed by atoms with van der Waals surface area (Å²) in [6.07, 6.45) is 6.69. The Labute approximate surface area is 410 Å². The molecule has 4 atom stereocenters. The van der Waals surface area contributed by atoms with Gasteiger partial charge in [-0.3, -0.25) is 0 Å². The lowest BCUT2D eigenvalue weighted by molar-refractivity contribution is -0.151. The molecule has 0 aliphatic carbocycles. The van der Waals surface area contributed by atoms with Crippen LogP contribution in [0.2, 0.25) is 0 Å². The number of hydrogen-bond acceptors (Lipinski definition) is 14. The molecule has 4 aromatic carbocycles. The number of unbranched alkanes of at least 4 members (excludes halogenated alkanes) is 2. The molecule has 6 rings (SSSR count). The van der Waals surface area contributed by atoms with Gasteiger partial charge >= 0.3 is 11.9 Å². The fourth-order valence-corrected chi connectivity index (χ4v) is 12.2. The number of carbonyl (C=O) groups is 2. The number of para-hydroxylation sites is 2. The Morgan fingerprint density at radius 2 is 0.985 bits per heavy atom. The summed E-state index contributed by atoms with van der Waals surface area (Å²) in [5.41, 5.74) is 2.97. The van der Waals surface area contributed by atoms with Gasteiger partial charge in [-0.2, -0.15) is 8.61 Å². The number of rotatable bonds is 20. The largest absolute Gasteiger partial charge is 0.489 e. The number of carboxylic acids is 2. The number of benzene rings is 4. The molecule has 2 aliphatic rings. The maximum atomic E-state index is 13.7. The van der Waals surface area contributed by atoms with Crippen LogP contribution in [0.5, 0.6) is 11.5 Å². The monoisotopic (exact) mass is 1020 g/mol. The van der Waals surface area contributed by atoms with E-state index in [1.54, 1.807) is 14.1 Å². The average Bonchev–Trinajstić information content (AvgIpc) is 3.47. The lowest BCUT2D eigenvalue weighted by Crippen LogP contribution is -2.40. The molecule has 2 unspecified atom stereocenters. The van der Waals surface area contributed by atoms with Crippen LogP contribution in [-0.4, -0.2) is 139 Å². The molecule has 68 heavy (non-hydrogen) atoms. The van der Waals surface area contributed by atoms with Crippen molar-refractivity contribution in [3.05, 3.63) is 84.9 Å². The topological polar surface area (TPSA) is 193 Å². The van der Waals surface area contributed by atoms with Crippen molar-refractivity contribution in [2.24, 2.45) is 0 Å². The van der Waals surface area contributed by atoms with Gasteiger partial charge in [0.2, 0.25) is 20.0 Å². The van der Waals surface area contributed by atoms with Crippen LogP contribution in [0.1, 0.15) is 52.4 Å². The zero-order valence-corrected chi connectivity index (χ0v) is 43.1. The molecule has 0 fully saturated rings. The number of nitrogens with zero attached hydrogens (tertiary/aromatic N) is 4. The highest BCUT2D eigenvalue weighted by molar-refractivity contribution is 7.99. The van der Waals surface area contributed by atoms with Gasteiger partial charge in [0.25, 0.3) is 0 Å². The summed E-state index contributed by atoms with van der Waals surface area (Å²) in [5.74, 6) is -1.67. The fourth-order valence-electron chi connectivity index (χ4n) is 7.93. The molecule has 0 amide bonds. The molecule has 2 aliphatic heterocycles. The Kier molecular flexibility index (Phi) is 19.9. The summed E-state index contributed by atoms with van der Waals surface area (Å²) in [4.78, 5) is 28.5. The predicted octanol–water partition coefficient (Wildman–Crippen LogP) is 8.44. The molecule has 0 aromatic heterocycles. The zero-order chi connectivity index (χ0) is 49.8. The minimum atomic E-state index is -3.83. The molecular weight excluding hydrogens is 953 g/mol. The van der Waals surface area contributed by atoms with Gasteiger partial charge in [-0.1, -0.05) is 75.9 Å². The SMILES string of the molecule is CCCC[C@@H]1CN(c2ccccc2)c2cc(SC)c(OCC(OC)C(=O)O)cc2S(=O)(=O)N1C.CCCC[C@H]1CN(c2ccccc2)c2cc(SC)c(OCC(OC)C(=O)O)cc2S(=O)(=O)N1C. The van der Waals surface area contributed by atoms with Gasteiger partial charge in [-0.05, 0) is 61.8 Å². The number of carboxylic acid groups (broad SMARTS) is 2. The highest BCUT2D eigenvalue weighted by Gasteiger charge is 2.39. The minimum Gasteiger partial charge on any atom is -0.489 e. The quantitative estimate of drug-likeness (QED) is 0.0801. The molecule has 0 saturated heterocycles. The molecule has 16 nitrogen and oxygen atoms in total. The molecule has 2 N–H and O–H groups in total. The smallest absolute Gasteiger partial charge is 0.336 e. The van der Waals surface area contributed by atoms with Gasteiger partial charge in [0.15, 0.2) is 12.2 Å². The summed E-state index contributed by atoms with van der Waals surface area (Å²) in [6, 6.07) is 25.7. The van der Waals surface area contributed by atoms with E-state index in [9.17, 15) is 36.6 Å². The van der Waals surface area contributed by atoms with Gasteiger partial charge in [-0.15, -0.1) is 23.5 Å². The second kappa shape index (κ2) is 24.8. The lowest BCUT2D eigenvalue weighted by Gasteiger charge is -2.29. The third-order valence-electron chi connectivity index (χ3n) is 12.0. The van der Waals surface area contributed by atoms with E-state index in [1.165, 1.54) is 58.5 Å². The third kappa shape index (κ3) is 12.6. The van der Waals surface area contributed by atoms with Gasteiger partial charge in [0.05, 0.1) is 21.2 Å². The Bertz CT molecular complexity index is 2360. The van der Waals surface area contributed by atoms with E-state index in [4.69, 9.17) is 18.9 Å². The number of likely N-dealkylation sites (N-methyl/N-ethyl adjacent to an activating group) is 2. The van der Waals surface area contributed by atoms with Crippen molar-refractivity contribution < 1.29 is 55.6 Å². The first-order valence-corrected chi connectivity index (χ1v) is 27.6. The van der Waals surface area contributed by atoms with Gasteiger partial charge in [0.1, 0.15) is 34.5 Å². The third-order valence-corrected chi connectivity index (χ3v) is 17.4. The van der Waals surface area contributed by atoms with Crippen molar-refractivity contribution in [2.45, 2.75) is 96.2 Å². The van der Waals surface area contributed by atoms with Crippen molar-refractivity contribution in [1.82, 2.24) is 8.61 Å². The Balaban J connectivity index is 0.000000254. The number of methoxy groups -OCH3 is 2. The van der Waals surface area contributed by atoms with Crippen molar-refractivity contribution in [3.63, 3.8) is 0 Å². The van der Waals surface area contributed by atoms with Crippen molar-refractivity contribution in [2.75, 3.05) is 76.9 Å². The Morgan fingerprint density at radius 3 is 1.28 bits per heavy atom. The van der Waals surface area contributed by atoms with Crippen molar-refractivity contribution >= 4 is 78.3 Å². The molecule has 372 valence electrons. The number of hydrogen-bond donors (Lipinski definition) is 2. The second-order valence-corrected chi connectivity index (χ2v) is 21.8. The predicted molar refractivity (Wildman–Crippen MR) is 268 cm³/mol. The maximum Gasteiger partial charge on any atom is 0.336 e. The molecule has 2 heterocycles. The summed E-state index contributed by atoms with van der Waals surface area (Å²) < 4.78 is 79.4. The normalized spacial score (nSPS) is 18.7. The average molecular weight is 1020 g/mol. The molecule has 0 saturated carbocycles. The van der Waals surface area contributed by atoms with E-state index < -0.39 is 44.2 Å². The molecule has 0 radical (unpaired) electrons. The van der Waals surface area contributed by atoms with E-state index in [0.29, 0.717) is 45.8 Å². The Morgan fingerprint density at radius 1 is 0.632 bits per heavy atom. The van der Waals surface area contributed by atoms with Crippen molar-refractivity contribution in [3.8, 4) is 11.5 Å². The number of aliphatic carboxylic acids is 2. The van der Waals surface area contributed by atoms with E-state index in [0.717, 1.165) is 49.9 Å². The van der Waals surface area contributed by atoms with Crippen LogP contribution in [0.3, 0.4) is 0 Å². The second-order valence-electron chi connectivity index (χ2n) is 16.2. The van der Waals surface area contributed by atoms with Crippen LogP contribution in [0, 0.1) is 0 Å². The highest BCUT2D eigenvalue weighted by Crippen LogP contribution is 2.45. The van der Waals surface area contributed by atoms with Crippen LogP contribution >= 0.6 is 23.5 Å².